The number of nitrogens with zero attached hydrogens (tertiary/aromatic N) is 6. The topological polar surface area (TPSA) is 105 Å². The zero-order valence-electron chi connectivity index (χ0n) is 27.2. The molecule has 2 fully saturated rings. The Morgan fingerprint density at radius 2 is 1.74 bits per heavy atom. The van der Waals surface area contributed by atoms with Crippen molar-refractivity contribution in [3.8, 4) is 11.5 Å². The van der Waals surface area contributed by atoms with Crippen LogP contribution in [-0.4, -0.2) is 118 Å². The first-order chi connectivity index (χ1) is 22.7. The van der Waals surface area contributed by atoms with Crippen molar-refractivity contribution in [3.05, 3.63) is 71.8 Å². The summed E-state index contributed by atoms with van der Waals surface area (Å²) in [6, 6.07) is 8.08. The molecule has 46 heavy (non-hydrogen) atoms. The standard InChI is InChI=1S/C28H36N6O4.C7H11N/c1-36-26-20-23-24(21-27(26)38-16-2-7-32-13-17-37-18-14-32)28(34-10-8-33(9-11-34)12-15-35)31-30-25(23)19-22-3-5-29-6-4-22;1-8-7-5-3-2-4-6-7/h3-6,15,20-21H,2,7-14,16-19H2,1H3;3,5-6,8H,2,4H2,1H3. The van der Waals surface area contributed by atoms with E-state index >= 15 is 0 Å². The molecular weight excluding hydrogens is 582 g/mol. The molecule has 0 saturated carbocycles. The van der Waals surface area contributed by atoms with Crippen molar-refractivity contribution in [2.75, 3.05) is 91.2 Å². The Bertz CT molecular complexity index is 1450. The van der Waals surface area contributed by atoms with Crippen molar-refractivity contribution < 1.29 is 19.0 Å². The maximum atomic E-state index is 11.0. The maximum absolute atomic E-state index is 11.0. The highest BCUT2D eigenvalue weighted by Gasteiger charge is 2.23. The summed E-state index contributed by atoms with van der Waals surface area (Å²) in [5.74, 6) is 2.24. The molecule has 4 heterocycles. The molecule has 246 valence electrons. The molecule has 2 aliphatic heterocycles. The van der Waals surface area contributed by atoms with E-state index in [1.54, 1.807) is 19.5 Å². The summed E-state index contributed by atoms with van der Waals surface area (Å²) in [5.41, 5.74) is 3.25. The van der Waals surface area contributed by atoms with Crippen LogP contribution in [0.5, 0.6) is 11.5 Å². The molecule has 1 aromatic carbocycles. The number of rotatable bonds is 12. The number of carbonyl (C=O) groups excluding carboxylic acids is 1. The predicted molar refractivity (Wildman–Crippen MR) is 181 cm³/mol. The molecule has 3 aromatic rings. The summed E-state index contributed by atoms with van der Waals surface area (Å²) >= 11 is 0. The molecule has 3 aliphatic rings. The van der Waals surface area contributed by atoms with Gasteiger partial charge in [-0.15, -0.1) is 5.10 Å². The molecule has 0 radical (unpaired) electrons. The molecule has 6 rings (SSSR count). The van der Waals surface area contributed by atoms with Gasteiger partial charge in [-0.05, 0) is 55.2 Å². The molecule has 1 N–H and O–H groups in total. The van der Waals surface area contributed by atoms with E-state index in [1.165, 1.54) is 18.5 Å². The summed E-state index contributed by atoms with van der Waals surface area (Å²) < 4.78 is 17.5. The number of likely N-dealkylation sites (N-methyl/N-ethyl adjacent to an activating group) is 1. The van der Waals surface area contributed by atoms with Crippen molar-refractivity contribution in [1.29, 1.82) is 0 Å². The smallest absolute Gasteiger partial charge is 0.161 e. The number of fused-ring (bicyclic) bond motifs is 1. The van der Waals surface area contributed by atoms with E-state index < -0.39 is 0 Å². The first-order valence-corrected chi connectivity index (χ1v) is 16.3. The third-order valence-electron chi connectivity index (χ3n) is 8.51. The summed E-state index contributed by atoms with van der Waals surface area (Å²) in [6.45, 7) is 8.77. The SMILES string of the molecule is CNC1=CCCC=C1.COc1cc2c(Cc3ccncc3)nnc(N3CCN(CC=O)CC3)c2cc1OCCCN1CCOCC1. The highest BCUT2D eigenvalue weighted by Crippen LogP contribution is 2.37. The quantitative estimate of drug-likeness (QED) is 0.235. The third kappa shape index (κ3) is 9.24. The Labute approximate surface area is 272 Å². The zero-order chi connectivity index (χ0) is 32.0. The number of anilines is 1. The van der Waals surface area contributed by atoms with Gasteiger partial charge in [-0.1, -0.05) is 12.2 Å². The average Bonchev–Trinajstić information content (AvgIpc) is 3.12. The fourth-order valence-electron chi connectivity index (χ4n) is 5.87. The summed E-state index contributed by atoms with van der Waals surface area (Å²) in [5, 5.41) is 14.5. The lowest BCUT2D eigenvalue weighted by molar-refractivity contribution is -0.108. The summed E-state index contributed by atoms with van der Waals surface area (Å²) in [6.07, 6.45) is 15.0. The van der Waals surface area contributed by atoms with Gasteiger partial charge in [0.05, 0.1) is 39.2 Å². The van der Waals surface area contributed by atoms with Crippen molar-refractivity contribution in [3.63, 3.8) is 0 Å². The van der Waals surface area contributed by atoms with Crippen LogP contribution in [0.25, 0.3) is 10.8 Å². The second-order valence-corrected chi connectivity index (χ2v) is 11.6. The van der Waals surface area contributed by atoms with Gasteiger partial charge in [-0.3, -0.25) is 14.8 Å². The first-order valence-electron chi connectivity index (χ1n) is 16.3. The van der Waals surface area contributed by atoms with Crippen molar-refractivity contribution in [2.24, 2.45) is 0 Å². The van der Waals surface area contributed by atoms with Crippen LogP contribution >= 0.6 is 0 Å². The van der Waals surface area contributed by atoms with Crippen LogP contribution in [-0.2, 0) is 16.0 Å². The number of aldehydes is 1. The Balaban J connectivity index is 0.000000455. The van der Waals surface area contributed by atoms with Crippen LogP contribution in [0.4, 0.5) is 5.82 Å². The molecular formula is C35H47N7O4. The molecule has 0 spiro atoms. The lowest BCUT2D eigenvalue weighted by Crippen LogP contribution is -2.47. The van der Waals surface area contributed by atoms with E-state index in [-0.39, 0.29) is 0 Å². The Kier molecular flexibility index (Phi) is 12.7. The minimum Gasteiger partial charge on any atom is -0.493 e. The number of benzene rings is 1. The zero-order valence-corrected chi connectivity index (χ0v) is 27.2. The van der Waals surface area contributed by atoms with Crippen LogP contribution in [0, 0.1) is 0 Å². The van der Waals surface area contributed by atoms with Gasteiger partial charge in [-0.25, -0.2) is 0 Å². The number of pyridine rings is 1. The second kappa shape index (κ2) is 17.6. The molecule has 1 aliphatic carbocycles. The Morgan fingerprint density at radius 1 is 0.957 bits per heavy atom. The number of nitrogens with one attached hydrogen (secondary N) is 1. The molecule has 0 atom stereocenters. The number of hydrogen-bond acceptors (Lipinski definition) is 11. The minimum atomic E-state index is 0.463. The fraction of sp³-hybridized carbons (Fsp3) is 0.486. The number of hydrogen-bond donors (Lipinski definition) is 1. The van der Waals surface area contributed by atoms with Crippen LogP contribution in [0.2, 0.25) is 0 Å². The lowest BCUT2D eigenvalue weighted by Gasteiger charge is -2.34. The van der Waals surface area contributed by atoms with E-state index in [0.29, 0.717) is 31.1 Å². The van der Waals surface area contributed by atoms with Gasteiger partial charge in [0.25, 0.3) is 0 Å². The monoisotopic (exact) mass is 629 g/mol. The normalized spacial score (nSPS) is 17.2. The largest absolute Gasteiger partial charge is 0.493 e. The van der Waals surface area contributed by atoms with Crippen LogP contribution in [0.3, 0.4) is 0 Å². The van der Waals surface area contributed by atoms with E-state index in [9.17, 15) is 4.79 Å². The molecule has 2 aromatic heterocycles. The number of morpholine rings is 1. The molecule has 11 heteroatoms. The molecule has 0 amide bonds. The van der Waals surface area contributed by atoms with Gasteiger partial charge < -0.3 is 29.2 Å². The van der Waals surface area contributed by atoms with E-state index in [4.69, 9.17) is 19.3 Å². The van der Waals surface area contributed by atoms with Gasteiger partial charge in [0.15, 0.2) is 17.3 Å². The maximum Gasteiger partial charge on any atom is 0.161 e. The molecule has 2 saturated heterocycles. The summed E-state index contributed by atoms with van der Waals surface area (Å²) in [7, 11) is 3.62. The van der Waals surface area contributed by atoms with Crippen molar-refractivity contribution >= 4 is 22.9 Å². The van der Waals surface area contributed by atoms with Gasteiger partial charge in [0, 0.05) is 88.1 Å². The molecule has 11 nitrogen and oxygen atoms in total. The Morgan fingerprint density at radius 3 is 2.41 bits per heavy atom. The van der Waals surface area contributed by atoms with Gasteiger partial charge in [-0.2, -0.15) is 5.10 Å². The van der Waals surface area contributed by atoms with Crippen LogP contribution in [0.15, 0.2) is 60.6 Å². The van der Waals surface area contributed by atoms with E-state index in [0.717, 1.165) is 99.6 Å². The van der Waals surface area contributed by atoms with Gasteiger partial charge >= 0.3 is 0 Å². The first kappa shape index (κ1) is 33.3. The highest BCUT2D eigenvalue weighted by molar-refractivity contribution is 5.96. The molecule has 0 bridgehead atoms. The minimum absolute atomic E-state index is 0.463. The van der Waals surface area contributed by atoms with Crippen LogP contribution in [0.1, 0.15) is 30.5 Å². The van der Waals surface area contributed by atoms with Crippen molar-refractivity contribution in [1.82, 2.24) is 30.3 Å². The number of ether oxygens (including phenoxy) is 3. The highest BCUT2D eigenvalue weighted by atomic mass is 16.5. The van der Waals surface area contributed by atoms with Gasteiger partial charge in [0.2, 0.25) is 0 Å². The van der Waals surface area contributed by atoms with Crippen molar-refractivity contribution in [2.45, 2.75) is 25.7 Å². The van der Waals surface area contributed by atoms with E-state index in [1.807, 2.05) is 25.2 Å². The van der Waals surface area contributed by atoms with Crippen LogP contribution < -0.4 is 19.7 Å². The number of aromatic nitrogens is 3. The third-order valence-corrected chi connectivity index (χ3v) is 8.51. The predicted octanol–water partition coefficient (Wildman–Crippen LogP) is 3.49. The fourth-order valence-corrected chi connectivity index (χ4v) is 5.87. The number of methoxy groups -OCH3 is 1. The Hall–Kier alpha value is -4.06. The second-order valence-electron chi connectivity index (χ2n) is 11.6. The van der Waals surface area contributed by atoms with Gasteiger partial charge in [0.1, 0.15) is 6.29 Å². The van der Waals surface area contributed by atoms with E-state index in [2.05, 4.69) is 54.4 Å². The number of piperazine rings is 1. The molecule has 0 unspecified atom stereocenters. The lowest BCUT2D eigenvalue weighted by atomic mass is 10.0. The average molecular weight is 630 g/mol. The number of allylic oxidation sites excluding steroid dienone is 3. The number of carbonyl (C=O) groups is 1. The summed E-state index contributed by atoms with van der Waals surface area (Å²) in [4.78, 5) is 21.9.